The van der Waals surface area contributed by atoms with Crippen molar-refractivity contribution in [2.45, 2.75) is 19.3 Å². The van der Waals surface area contributed by atoms with Crippen molar-refractivity contribution in [1.29, 1.82) is 0 Å². The predicted molar refractivity (Wildman–Crippen MR) is 70.3 cm³/mol. The Morgan fingerprint density at radius 3 is 3.00 bits per heavy atom. The summed E-state index contributed by atoms with van der Waals surface area (Å²) >= 11 is 3.49. The second kappa shape index (κ2) is 5.64. The third-order valence-electron chi connectivity index (χ3n) is 3.41. The lowest BCUT2D eigenvalue weighted by Gasteiger charge is -2.18. The van der Waals surface area contributed by atoms with Crippen LogP contribution in [0.1, 0.15) is 19.3 Å². The first-order chi connectivity index (χ1) is 7.81. The molecule has 0 radical (unpaired) electrons. The van der Waals surface area contributed by atoms with E-state index >= 15 is 0 Å². The number of hydrogen-bond donors (Lipinski definition) is 2. The minimum Gasteiger partial charge on any atom is -0.369 e. The van der Waals surface area contributed by atoms with E-state index < -0.39 is 0 Å². The lowest BCUT2D eigenvalue weighted by atomic mass is 9.96. The molecule has 2 rings (SSSR count). The van der Waals surface area contributed by atoms with Crippen molar-refractivity contribution in [3.05, 3.63) is 22.8 Å². The first kappa shape index (κ1) is 11.9. The topological polar surface area (TPSA) is 50.9 Å². The Morgan fingerprint density at radius 2 is 2.25 bits per heavy atom. The zero-order chi connectivity index (χ0) is 11.4. The van der Waals surface area contributed by atoms with Gasteiger partial charge in [0, 0.05) is 12.7 Å². The third kappa shape index (κ3) is 2.74. The first-order valence-electron chi connectivity index (χ1n) is 5.85. The number of anilines is 1. The van der Waals surface area contributed by atoms with Gasteiger partial charge in [0.25, 0.3) is 0 Å². The zero-order valence-electron chi connectivity index (χ0n) is 9.32. The molecular weight excluding hydrogens is 266 g/mol. The van der Waals surface area contributed by atoms with Gasteiger partial charge in [0.2, 0.25) is 0 Å². The normalized spacial score (nSPS) is 24.6. The highest BCUT2D eigenvalue weighted by Gasteiger charge is 2.25. The van der Waals surface area contributed by atoms with Gasteiger partial charge in [0.1, 0.15) is 5.82 Å². The Labute approximate surface area is 105 Å². The highest BCUT2D eigenvalue weighted by molar-refractivity contribution is 9.10. The number of pyridine rings is 1. The van der Waals surface area contributed by atoms with E-state index in [0.717, 1.165) is 23.4 Å². The summed E-state index contributed by atoms with van der Waals surface area (Å²) in [4.78, 5) is 4.30. The van der Waals surface area contributed by atoms with Crippen molar-refractivity contribution in [2.24, 2.45) is 17.6 Å². The van der Waals surface area contributed by atoms with Gasteiger partial charge >= 0.3 is 0 Å². The van der Waals surface area contributed by atoms with Crippen molar-refractivity contribution in [3.63, 3.8) is 0 Å². The summed E-state index contributed by atoms with van der Waals surface area (Å²) in [6.45, 7) is 1.80. The van der Waals surface area contributed by atoms with E-state index in [-0.39, 0.29) is 0 Å². The maximum absolute atomic E-state index is 5.77. The molecule has 3 N–H and O–H groups in total. The van der Waals surface area contributed by atoms with Gasteiger partial charge in [-0.1, -0.05) is 6.42 Å². The maximum atomic E-state index is 5.77. The molecule has 1 aromatic rings. The zero-order valence-corrected chi connectivity index (χ0v) is 10.9. The lowest BCUT2D eigenvalue weighted by molar-refractivity contribution is 0.414. The quantitative estimate of drug-likeness (QED) is 0.893. The van der Waals surface area contributed by atoms with E-state index in [4.69, 9.17) is 5.73 Å². The van der Waals surface area contributed by atoms with Crippen molar-refractivity contribution in [3.8, 4) is 0 Å². The van der Waals surface area contributed by atoms with Crippen molar-refractivity contribution in [1.82, 2.24) is 4.98 Å². The van der Waals surface area contributed by atoms with Crippen LogP contribution in [0.25, 0.3) is 0 Å². The van der Waals surface area contributed by atoms with Crippen molar-refractivity contribution < 1.29 is 0 Å². The molecule has 0 saturated heterocycles. The molecule has 1 aromatic heterocycles. The Kier molecular flexibility index (Phi) is 4.18. The standard InChI is InChI=1S/C12H18BrN3/c13-11-5-2-6-15-12(11)16-8-10-4-1-3-9(10)7-14/h2,5-6,9-10H,1,3-4,7-8,14H2,(H,15,16). The summed E-state index contributed by atoms with van der Waals surface area (Å²) in [6, 6.07) is 3.93. The molecule has 1 aliphatic rings. The Bertz CT molecular complexity index is 343. The number of halogens is 1. The van der Waals surface area contributed by atoms with Gasteiger partial charge in [0.05, 0.1) is 4.47 Å². The Balaban J connectivity index is 1.90. The fourth-order valence-electron chi connectivity index (χ4n) is 2.44. The second-order valence-corrected chi connectivity index (χ2v) is 5.26. The minimum absolute atomic E-state index is 0.690. The number of nitrogens with two attached hydrogens (primary N) is 1. The van der Waals surface area contributed by atoms with Crippen LogP contribution in [0.3, 0.4) is 0 Å². The van der Waals surface area contributed by atoms with Crippen LogP contribution in [-0.4, -0.2) is 18.1 Å². The molecule has 1 heterocycles. The molecule has 1 fully saturated rings. The second-order valence-electron chi connectivity index (χ2n) is 4.40. The summed E-state index contributed by atoms with van der Waals surface area (Å²) in [6.07, 6.45) is 5.70. The molecule has 0 bridgehead atoms. The molecule has 1 saturated carbocycles. The molecule has 3 nitrogen and oxygen atoms in total. The average molecular weight is 284 g/mol. The molecule has 88 valence electrons. The van der Waals surface area contributed by atoms with Crippen molar-refractivity contribution >= 4 is 21.7 Å². The largest absolute Gasteiger partial charge is 0.369 e. The molecule has 2 unspecified atom stereocenters. The number of nitrogens with zero attached hydrogens (tertiary/aromatic N) is 1. The molecule has 4 heteroatoms. The fraction of sp³-hybridized carbons (Fsp3) is 0.583. The summed E-state index contributed by atoms with van der Waals surface area (Å²) in [5.41, 5.74) is 5.77. The molecule has 16 heavy (non-hydrogen) atoms. The fourth-order valence-corrected chi connectivity index (χ4v) is 2.83. The van der Waals surface area contributed by atoms with E-state index in [0.29, 0.717) is 11.8 Å². The highest BCUT2D eigenvalue weighted by Crippen LogP contribution is 2.31. The van der Waals surface area contributed by atoms with Crippen LogP contribution in [0.5, 0.6) is 0 Å². The molecule has 0 amide bonds. The van der Waals surface area contributed by atoms with Crippen LogP contribution in [-0.2, 0) is 0 Å². The third-order valence-corrected chi connectivity index (χ3v) is 4.05. The van der Waals surface area contributed by atoms with Gasteiger partial charge in [-0.3, -0.25) is 0 Å². The van der Waals surface area contributed by atoms with Crippen LogP contribution >= 0.6 is 15.9 Å². The van der Waals surface area contributed by atoms with Crippen LogP contribution in [0.2, 0.25) is 0 Å². The average Bonchev–Trinajstić information content (AvgIpc) is 2.75. The summed E-state index contributed by atoms with van der Waals surface area (Å²) in [5, 5.41) is 3.41. The molecule has 0 aromatic carbocycles. The van der Waals surface area contributed by atoms with E-state index in [1.807, 2.05) is 18.3 Å². The van der Waals surface area contributed by atoms with Gasteiger partial charge in [-0.2, -0.15) is 0 Å². The minimum atomic E-state index is 0.690. The number of nitrogens with one attached hydrogen (secondary N) is 1. The van der Waals surface area contributed by atoms with Crippen LogP contribution in [0.4, 0.5) is 5.82 Å². The van der Waals surface area contributed by atoms with Crippen LogP contribution in [0.15, 0.2) is 22.8 Å². The molecule has 1 aliphatic carbocycles. The Hall–Kier alpha value is -0.610. The number of rotatable bonds is 4. The van der Waals surface area contributed by atoms with E-state index in [9.17, 15) is 0 Å². The monoisotopic (exact) mass is 283 g/mol. The van der Waals surface area contributed by atoms with Gasteiger partial charge in [0.15, 0.2) is 0 Å². The van der Waals surface area contributed by atoms with E-state index in [1.54, 1.807) is 0 Å². The van der Waals surface area contributed by atoms with Crippen LogP contribution < -0.4 is 11.1 Å². The molecular formula is C12H18BrN3. The van der Waals surface area contributed by atoms with Crippen LogP contribution in [0, 0.1) is 11.8 Å². The number of aromatic nitrogens is 1. The summed E-state index contributed by atoms with van der Waals surface area (Å²) in [7, 11) is 0. The smallest absolute Gasteiger partial charge is 0.140 e. The summed E-state index contributed by atoms with van der Waals surface area (Å²) in [5.74, 6) is 2.33. The highest BCUT2D eigenvalue weighted by atomic mass is 79.9. The SMILES string of the molecule is NCC1CCCC1CNc1ncccc1Br. The van der Waals surface area contributed by atoms with E-state index in [2.05, 4.69) is 26.2 Å². The van der Waals surface area contributed by atoms with Gasteiger partial charge in [-0.25, -0.2) is 4.98 Å². The van der Waals surface area contributed by atoms with Gasteiger partial charge < -0.3 is 11.1 Å². The maximum Gasteiger partial charge on any atom is 0.140 e. The van der Waals surface area contributed by atoms with E-state index in [1.165, 1.54) is 19.3 Å². The first-order valence-corrected chi connectivity index (χ1v) is 6.65. The molecule has 0 spiro atoms. The lowest BCUT2D eigenvalue weighted by Crippen LogP contribution is -2.24. The predicted octanol–water partition coefficient (Wildman–Crippen LogP) is 2.63. The van der Waals surface area contributed by atoms with Gasteiger partial charge in [-0.05, 0) is 59.3 Å². The number of hydrogen-bond acceptors (Lipinski definition) is 3. The summed E-state index contributed by atoms with van der Waals surface area (Å²) < 4.78 is 1.03. The van der Waals surface area contributed by atoms with Crippen molar-refractivity contribution in [2.75, 3.05) is 18.4 Å². The molecule has 0 aliphatic heterocycles. The Morgan fingerprint density at radius 1 is 1.44 bits per heavy atom. The van der Waals surface area contributed by atoms with Gasteiger partial charge in [-0.15, -0.1) is 0 Å². The molecule has 2 atom stereocenters.